The molecule has 1 N–H and O–H groups in total. The van der Waals surface area contributed by atoms with Gasteiger partial charge in [-0.1, -0.05) is 0 Å². The van der Waals surface area contributed by atoms with Crippen LogP contribution in [0.2, 0.25) is 0 Å². The Morgan fingerprint density at radius 1 is 1.03 bits per heavy atom. The average molecular weight is 456 g/mol. The Morgan fingerprint density at radius 2 is 1.69 bits per heavy atom. The quantitative estimate of drug-likeness (QED) is 0.461. The van der Waals surface area contributed by atoms with Gasteiger partial charge in [0.1, 0.15) is 6.33 Å². The first kappa shape index (κ1) is 22.9. The third-order valence-electron chi connectivity index (χ3n) is 4.12. The van der Waals surface area contributed by atoms with Crippen LogP contribution in [0, 0.1) is 0 Å². The second-order valence-electron chi connectivity index (χ2n) is 6.52. The summed E-state index contributed by atoms with van der Waals surface area (Å²) >= 11 is 0. The number of alkyl halides is 6. The lowest BCUT2D eigenvalue weighted by Gasteiger charge is -2.13. The zero-order valence-corrected chi connectivity index (χ0v) is 16.2. The molecular formula is C19H14F6N6O. The summed E-state index contributed by atoms with van der Waals surface area (Å²) in [5.41, 5.74) is -2.92. The molecule has 3 aromatic rings. The molecule has 0 saturated carbocycles. The maximum atomic E-state index is 13.0. The van der Waals surface area contributed by atoms with Crippen molar-refractivity contribution in [2.45, 2.75) is 25.3 Å². The molecule has 1 unspecified atom stereocenters. The summed E-state index contributed by atoms with van der Waals surface area (Å²) in [4.78, 5) is 23.7. The summed E-state index contributed by atoms with van der Waals surface area (Å²) in [7, 11) is 0. The lowest BCUT2D eigenvalue weighted by molar-refractivity contribution is -0.143. The first-order chi connectivity index (χ1) is 14.9. The lowest BCUT2D eigenvalue weighted by atomic mass is 10.0. The highest BCUT2D eigenvalue weighted by atomic mass is 19.4. The van der Waals surface area contributed by atoms with E-state index in [4.69, 9.17) is 0 Å². The van der Waals surface area contributed by atoms with E-state index in [9.17, 15) is 31.1 Å². The van der Waals surface area contributed by atoms with Gasteiger partial charge in [-0.15, -0.1) is 5.10 Å². The van der Waals surface area contributed by atoms with Gasteiger partial charge in [-0.3, -0.25) is 14.8 Å². The highest BCUT2D eigenvalue weighted by Gasteiger charge is 2.37. The van der Waals surface area contributed by atoms with Crippen molar-refractivity contribution in [1.29, 1.82) is 0 Å². The Morgan fingerprint density at radius 3 is 2.25 bits per heavy atom. The number of hydrogen-bond donors (Lipinski definition) is 1. The van der Waals surface area contributed by atoms with Crippen LogP contribution in [0.4, 0.5) is 26.3 Å². The van der Waals surface area contributed by atoms with E-state index in [1.165, 1.54) is 18.6 Å². The smallest absolute Gasteiger partial charge is 0.344 e. The second-order valence-corrected chi connectivity index (χ2v) is 6.52. The third kappa shape index (κ3) is 5.68. The summed E-state index contributed by atoms with van der Waals surface area (Å²) in [6, 6.07) is 0.600. The molecule has 1 atom stereocenters. The highest BCUT2D eigenvalue weighted by molar-refractivity contribution is 5.90. The molecule has 2 aromatic heterocycles. The van der Waals surface area contributed by atoms with Gasteiger partial charge < -0.3 is 5.32 Å². The highest BCUT2D eigenvalue weighted by Crippen LogP contribution is 2.38. The molecule has 168 valence electrons. The number of aromatic nitrogens is 5. The fourth-order valence-corrected chi connectivity index (χ4v) is 2.58. The van der Waals surface area contributed by atoms with Gasteiger partial charge in [-0.05, 0) is 25.1 Å². The Labute approximate surface area is 176 Å². The van der Waals surface area contributed by atoms with Crippen molar-refractivity contribution in [3.63, 3.8) is 0 Å². The van der Waals surface area contributed by atoms with Gasteiger partial charge in [0.25, 0.3) is 0 Å². The van der Waals surface area contributed by atoms with Crippen LogP contribution in [0.25, 0.3) is 17.6 Å². The summed E-state index contributed by atoms with van der Waals surface area (Å²) in [5, 5.41) is 6.43. The summed E-state index contributed by atoms with van der Waals surface area (Å²) < 4.78 is 79.1. The molecule has 0 radical (unpaired) electrons. The van der Waals surface area contributed by atoms with Crippen LogP contribution in [0.5, 0.6) is 0 Å². The summed E-state index contributed by atoms with van der Waals surface area (Å²) in [6.45, 7) is 1.68. The lowest BCUT2D eigenvalue weighted by Crippen LogP contribution is -2.25. The molecule has 0 spiro atoms. The monoisotopic (exact) mass is 456 g/mol. The molecule has 3 rings (SSSR count). The number of benzene rings is 1. The first-order valence-corrected chi connectivity index (χ1v) is 8.89. The number of nitrogens with zero attached hydrogens (tertiary/aromatic N) is 5. The maximum absolute atomic E-state index is 13.0. The van der Waals surface area contributed by atoms with Crippen LogP contribution in [-0.4, -0.2) is 30.6 Å². The number of nitrogens with one attached hydrogen (secondary N) is 1. The van der Waals surface area contributed by atoms with Crippen molar-refractivity contribution in [2.24, 2.45) is 0 Å². The van der Waals surface area contributed by atoms with Gasteiger partial charge in [-0.2, -0.15) is 26.3 Å². The fraction of sp³-hybridized carbons (Fsp3) is 0.211. The predicted octanol–water partition coefficient (Wildman–Crippen LogP) is 4.12. The Bertz CT molecular complexity index is 1090. The SMILES string of the molecule is CC(NC(=O)C=Cn1cnc(-c2cc(C(F)(F)F)cc(C(F)(F)F)c2)n1)c1cnccn1. The predicted molar refractivity (Wildman–Crippen MR) is 99.4 cm³/mol. The summed E-state index contributed by atoms with van der Waals surface area (Å²) in [5.74, 6) is -0.918. The molecule has 0 fully saturated rings. The van der Waals surface area contributed by atoms with Gasteiger partial charge in [-0.25, -0.2) is 9.67 Å². The van der Waals surface area contributed by atoms with Gasteiger partial charge in [0.2, 0.25) is 5.91 Å². The van der Waals surface area contributed by atoms with Gasteiger partial charge >= 0.3 is 12.4 Å². The molecule has 0 aliphatic rings. The van der Waals surface area contributed by atoms with Crippen molar-refractivity contribution in [3.8, 4) is 11.4 Å². The van der Waals surface area contributed by atoms with Crippen LogP contribution in [-0.2, 0) is 17.1 Å². The Balaban J connectivity index is 1.79. The number of halogens is 6. The minimum Gasteiger partial charge on any atom is -0.344 e. The number of carbonyl (C=O) groups is 1. The number of amides is 1. The Kier molecular flexibility index (Phi) is 6.27. The number of hydrogen-bond acceptors (Lipinski definition) is 5. The molecule has 13 heteroatoms. The van der Waals surface area contributed by atoms with Gasteiger partial charge in [0.15, 0.2) is 5.82 Å². The van der Waals surface area contributed by atoms with E-state index in [0.29, 0.717) is 17.8 Å². The van der Waals surface area contributed by atoms with Gasteiger partial charge in [0.05, 0.1) is 29.1 Å². The molecule has 7 nitrogen and oxygen atoms in total. The van der Waals surface area contributed by atoms with E-state index in [1.807, 2.05) is 0 Å². The first-order valence-electron chi connectivity index (χ1n) is 8.89. The standard InChI is InChI=1S/C19H14F6N6O/c1-11(15-9-26-3-4-27-15)29-16(32)2-5-31-10-28-17(30-31)12-6-13(18(20,21)22)8-14(7-12)19(23,24)25/h2-11H,1H3,(H,29,32). The van der Waals surface area contributed by atoms with Crippen molar-refractivity contribution in [2.75, 3.05) is 0 Å². The molecule has 2 heterocycles. The van der Waals surface area contributed by atoms with Crippen LogP contribution >= 0.6 is 0 Å². The molecule has 0 saturated heterocycles. The van der Waals surface area contributed by atoms with Gasteiger partial charge in [0, 0.05) is 30.2 Å². The maximum Gasteiger partial charge on any atom is 0.416 e. The minimum absolute atomic E-state index is 0.0169. The van der Waals surface area contributed by atoms with Crippen molar-refractivity contribution >= 4 is 12.1 Å². The van der Waals surface area contributed by atoms with Crippen LogP contribution in [0.1, 0.15) is 29.8 Å². The number of rotatable bonds is 5. The van der Waals surface area contributed by atoms with Crippen LogP contribution < -0.4 is 5.32 Å². The minimum atomic E-state index is -4.99. The van der Waals surface area contributed by atoms with E-state index >= 15 is 0 Å². The molecule has 0 bridgehead atoms. The summed E-state index contributed by atoms with van der Waals surface area (Å²) in [6.07, 6.45) is -2.31. The number of carbonyl (C=O) groups excluding carboxylic acids is 1. The van der Waals surface area contributed by atoms with E-state index < -0.39 is 41.0 Å². The van der Waals surface area contributed by atoms with Crippen LogP contribution in [0.15, 0.2) is 49.2 Å². The van der Waals surface area contributed by atoms with Crippen molar-refractivity contribution in [3.05, 3.63) is 66.0 Å². The molecule has 1 amide bonds. The van der Waals surface area contributed by atoms with Crippen LogP contribution in [0.3, 0.4) is 0 Å². The van der Waals surface area contributed by atoms with Crippen molar-refractivity contribution < 1.29 is 31.1 Å². The van der Waals surface area contributed by atoms with E-state index in [-0.39, 0.29) is 11.9 Å². The normalized spacial score (nSPS) is 13.3. The zero-order valence-electron chi connectivity index (χ0n) is 16.2. The molecule has 1 aromatic carbocycles. The topological polar surface area (TPSA) is 85.6 Å². The third-order valence-corrected chi connectivity index (χ3v) is 4.12. The second kappa shape index (κ2) is 8.77. The Hall–Kier alpha value is -3.77. The van der Waals surface area contributed by atoms with E-state index in [0.717, 1.165) is 23.3 Å². The van der Waals surface area contributed by atoms with E-state index in [1.54, 1.807) is 6.92 Å². The molecule has 0 aliphatic heterocycles. The average Bonchev–Trinajstić information content (AvgIpc) is 3.20. The van der Waals surface area contributed by atoms with E-state index in [2.05, 4.69) is 25.4 Å². The molecular weight excluding hydrogens is 442 g/mol. The van der Waals surface area contributed by atoms with Crippen molar-refractivity contribution in [1.82, 2.24) is 30.0 Å². The largest absolute Gasteiger partial charge is 0.416 e. The molecule has 0 aliphatic carbocycles. The zero-order chi connectivity index (χ0) is 23.5. The fourth-order valence-electron chi connectivity index (χ4n) is 2.58. The molecule has 32 heavy (non-hydrogen) atoms.